The number of amides is 4. The van der Waals surface area contributed by atoms with Crippen LogP contribution in [0.5, 0.6) is 0 Å². The van der Waals surface area contributed by atoms with Crippen LogP contribution in [-0.4, -0.2) is 48.2 Å². The standard InChI is InChI=1S/C16H19N3O4/c1-4-7-17-13(20)9(2)18-14(21)10-5-6-11-12(8-10)16(23)19(3)15(11)22/h5-6,8-9H,4,7H2,1-3H3,(H,17,20)(H,18,21)/t9-/m1/s1. The molecule has 4 amide bonds. The first-order valence-corrected chi connectivity index (χ1v) is 7.41. The second-order valence-electron chi connectivity index (χ2n) is 5.42. The SMILES string of the molecule is CCCNC(=O)[C@@H](C)NC(=O)c1ccc2c(c1)C(=O)N(C)C2=O. The van der Waals surface area contributed by atoms with Gasteiger partial charge in [-0.15, -0.1) is 0 Å². The van der Waals surface area contributed by atoms with Crippen LogP contribution in [0.25, 0.3) is 0 Å². The second-order valence-corrected chi connectivity index (χ2v) is 5.42. The molecule has 23 heavy (non-hydrogen) atoms. The Balaban J connectivity index is 2.12. The number of hydrogen-bond acceptors (Lipinski definition) is 4. The molecule has 7 nitrogen and oxygen atoms in total. The van der Waals surface area contributed by atoms with Crippen LogP contribution in [-0.2, 0) is 4.79 Å². The van der Waals surface area contributed by atoms with Gasteiger partial charge in [-0.25, -0.2) is 0 Å². The number of imide groups is 1. The lowest BCUT2D eigenvalue weighted by Crippen LogP contribution is -2.45. The zero-order valence-corrected chi connectivity index (χ0v) is 13.3. The molecule has 0 fully saturated rings. The van der Waals surface area contributed by atoms with Crippen LogP contribution < -0.4 is 10.6 Å². The van der Waals surface area contributed by atoms with Crippen LogP contribution in [0.2, 0.25) is 0 Å². The molecule has 0 saturated heterocycles. The maximum atomic E-state index is 12.2. The zero-order chi connectivity index (χ0) is 17.1. The molecule has 1 heterocycles. The fraction of sp³-hybridized carbons (Fsp3) is 0.375. The molecule has 2 N–H and O–H groups in total. The molecule has 1 atom stereocenters. The van der Waals surface area contributed by atoms with Crippen molar-refractivity contribution in [1.82, 2.24) is 15.5 Å². The van der Waals surface area contributed by atoms with Crippen molar-refractivity contribution >= 4 is 23.6 Å². The van der Waals surface area contributed by atoms with E-state index >= 15 is 0 Å². The summed E-state index contributed by atoms with van der Waals surface area (Å²) in [5, 5.41) is 5.26. The molecule has 0 unspecified atom stereocenters. The number of carbonyl (C=O) groups excluding carboxylic acids is 4. The second kappa shape index (κ2) is 6.60. The predicted molar refractivity (Wildman–Crippen MR) is 83.1 cm³/mol. The predicted octanol–water partition coefficient (Wildman–Crippen LogP) is 0.557. The first-order valence-electron chi connectivity index (χ1n) is 7.41. The Morgan fingerprint density at radius 1 is 1.17 bits per heavy atom. The number of carbonyl (C=O) groups is 4. The minimum absolute atomic E-state index is 0.202. The molecule has 2 rings (SSSR count). The summed E-state index contributed by atoms with van der Waals surface area (Å²) >= 11 is 0. The highest BCUT2D eigenvalue weighted by Crippen LogP contribution is 2.22. The average Bonchev–Trinajstić information content (AvgIpc) is 2.76. The van der Waals surface area contributed by atoms with E-state index in [-0.39, 0.29) is 28.5 Å². The fourth-order valence-electron chi connectivity index (χ4n) is 2.25. The molecule has 1 aromatic carbocycles. The number of nitrogens with one attached hydrogen (secondary N) is 2. The van der Waals surface area contributed by atoms with Crippen LogP contribution in [0, 0.1) is 0 Å². The van der Waals surface area contributed by atoms with Gasteiger partial charge in [0.1, 0.15) is 6.04 Å². The lowest BCUT2D eigenvalue weighted by atomic mass is 10.0. The topological polar surface area (TPSA) is 95.6 Å². The summed E-state index contributed by atoms with van der Waals surface area (Å²) in [6.07, 6.45) is 0.806. The smallest absolute Gasteiger partial charge is 0.261 e. The van der Waals surface area contributed by atoms with E-state index in [1.807, 2.05) is 6.92 Å². The van der Waals surface area contributed by atoms with Gasteiger partial charge < -0.3 is 10.6 Å². The van der Waals surface area contributed by atoms with Crippen LogP contribution in [0.4, 0.5) is 0 Å². The molecule has 1 aromatic rings. The quantitative estimate of drug-likeness (QED) is 0.776. The molecule has 7 heteroatoms. The van der Waals surface area contributed by atoms with Crippen molar-refractivity contribution in [3.05, 3.63) is 34.9 Å². The van der Waals surface area contributed by atoms with Gasteiger partial charge in [0.05, 0.1) is 11.1 Å². The van der Waals surface area contributed by atoms with Gasteiger partial charge in [0.2, 0.25) is 5.91 Å². The zero-order valence-electron chi connectivity index (χ0n) is 13.3. The number of hydrogen-bond donors (Lipinski definition) is 2. The lowest BCUT2D eigenvalue weighted by molar-refractivity contribution is -0.122. The Hall–Kier alpha value is -2.70. The van der Waals surface area contributed by atoms with Crippen molar-refractivity contribution in [2.24, 2.45) is 0 Å². The maximum Gasteiger partial charge on any atom is 0.261 e. The minimum atomic E-state index is -0.692. The molecular formula is C16H19N3O4. The molecular weight excluding hydrogens is 298 g/mol. The van der Waals surface area contributed by atoms with Crippen molar-refractivity contribution in [3.63, 3.8) is 0 Å². The van der Waals surface area contributed by atoms with Gasteiger partial charge in [-0.05, 0) is 31.5 Å². The highest BCUT2D eigenvalue weighted by Gasteiger charge is 2.33. The third-order valence-corrected chi connectivity index (χ3v) is 3.64. The summed E-state index contributed by atoms with van der Waals surface area (Å²) in [4.78, 5) is 48.7. The molecule has 122 valence electrons. The van der Waals surface area contributed by atoms with Crippen molar-refractivity contribution in [2.75, 3.05) is 13.6 Å². The summed E-state index contributed by atoms with van der Waals surface area (Å²) in [5.41, 5.74) is 0.714. The van der Waals surface area contributed by atoms with Crippen molar-refractivity contribution in [2.45, 2.75) is 26.3 Å². The lowest BCUT2D eigenvalue weighted by Gasteiger charge is -2.14. The molecule has 0 saturated carbocycles. The van der Waals surface area contributed by atoms with E-state index < -0.39 is 17.9 Å². The van der Waals surface area contributed by atoms with Crippen LogP contribution >= 0.6 is 0 Å². The van der Waals surface area contributed by atoms with Gasteiger partial charge >= 0.3 is 0 Å². The minimum Gasteiger partial charge on any atom is -0.354 e. The molecule has 0 aliphatic carbocycles. The Labute approximate surface area is 134 Å². The van der Waals surface area contributed by atoms with Gasteiger partial charge in [0.25, 0.3) is 17.7 Å². The Morgan fingerprint density at radius 2 is 1.83 bits per heavy atom. The monoisotopic (exact) mass is 317 g/mol. The first kappa shape index (κ1) is 16.7. The van der Waals surface area contributed by atoms with E-state index in [0.29, 0.717) is 6.54 Å². The summed E-state index contributed by atoms with van der Waals surface area (Å²) in [7, 11) is 1.39. The van der Waals surface area contributed by atoms with E-state index in [1.54, 1.807) is 6.92 Å². The number of fused-ring (bicyclic) bond motifs is 1. The van der Waals surface area contributed by atoms with E-state index in [1.165, 1.54) is 25.2 Å². The molecule has 1 aliphatic heterocycles. The summed E-state index contributed by atoms with van der Waals surface area (Å²) in [6.45, 7) is 4.06. The summed E-state index contributed by atoms with van der Waals surface area (Å²) in [5.74, 6) is -1.56. The highest BCUT2D eigenvalue weighted by atomic mass is 16.2. The van der Waals surface area contributed by atoms with Crippen LogP contribution in [0.15, 0.2) is 18.2 Å². The molecule has 0 aromatic heterocycles. The van der Waals surface area contributed by atoms with Crippen LogP contribution in [0.1, 0.15) is 51.3 Å². The summed E-state index contributed by atoms with van der Waals surface area (Å²) < 4.78 is 0. The van der Waals surface area contributed by atoms with E-state index in [4.69, 9.17) is 0 Å². The molecule has 0 spiro atoms. The third kappa shape index (κ3) is 3.23. The number of nitrogens with zero attached hydrogens (tertiary/aromatic N) is 1. The van der Waals surface area contributed by atoms with Gasteiger partial charge in [-0.2, -0.15) is 0 Å². The van der Waals surface area contributed by atoms with E-state index in [9.17, 15) is 19.2 Å². The van der Waals surface area contributed by atoms with Crippen molar-refractivity contribution in [1.29, 1.82) is 0 Å². The fourth-order valence-corrected chi connectivity index (χ4v) is 2.25. The van der Waals surface area contributed by atoms with Gasteiger partial charge in [-0.1, -0.05) is 6.92 Å². The Kier molecular flexibility index (Phi) is 4.78. The van der Waals surface area contributed by atoms with Crippen molar-refractivity contribution in [3.8, 4) is 0 Å². The molecule has 0 bridgehead atoms. The Bertz CT molecular complexity index is 684. The third-order valence-electron chi connectivity index (χ3n) is 3.64. The molecule has 0 radical (unpaired) electrons. The summed E-state index contributed by atoms with van der Waals surface area (Å²) in [6, 6.07) is 3.61. The molecule has 1 aliphatic rings. The van der Waals surface area contributed by atoms with Gasteiger partial charge in [-0.3, -0.25) is 24.1 Å². The number of rotatable bonds is 5. The maximum absolute atomic E-state index is 12.2. The van der Waals surface area contributed by atoms with Crippen molar-refractivity contribution < 1.29 is 19.2 Å². The number of benzene rings is 1. The van der Waals surface area contributed by atoms with Crippen LogP contribution in [0.3, 0.4) is 0 Å². The average molecular weight is 317 g/mol. The van der Waals surface area contributed by atoms with Gasteiger partial charge in [0, 0.05) is 19.2 Å². The highest BCUT2D eigenvalue weighted by molar-refractivity contribution is 6.21. The first-order chi connectivity index (χ1) is 10.9. The van der Waals surface area contributed by atoms with Gasteiger partial charge in [0.15, 0.2) is 0 Å². The van der Waals surface area contributed by atoms with E-state index in [2.05, 4.69) is 10.6 Å². The largest absolute Gasteiger partial charge is 0.354 e. The Morgan fingerprint density at radius 3 is 2.48 bits per heavy atom. The van der Waals surface area contributed by atoms with E-state index in [0.717, 1.165) is 11.3 Å². The normalized spacial score (nSPS) is 14.5.